The monoisotopic (exact) mass is 191 g/mol. The van der Waals surface area contributed by atoms with Crippen LogP contribution in [0.2, 0.25) is 0 Å². The van der Waals surface area contributed by atoms with E-state index in [1.54, 1.807) is 0 Å². The third-order valence-electron chi connectivity index (χ3n) is 3.02. The summed E-state index contributed by atoms with van der Waals surface area (Å²) in [4.78, 5) is 0. The molecule has 0 spiro atoms. The van der Waals surface area contributed by atoms with Crippen molar-refractivity contribution in [1.82, 2.24) is 0 Å². The Bertz CT molecular complexity index is 151. The van der Waals surface area contributed by atoms with E-state index in [9.17, 15) is 8.78 Å². The fourth-order valence-corrected chi connectivity index (χ4v) is 2.04. The minimum absolute atomic E-state index is 0.00375. The molecular weight excluding hydrogens is 172 g/mol. The predicted molar refractivity (Wildman–Crippen MR) is 49.7 cm³/mol. The molecule has 1 fully saturated rings. The summed E-state index contributed by atoms with van der Waals surface area (Å²) in [5, 5.41) is 0. The summed E-state index contributed by atoms with van der Waals surface area (Å²) >= 11 is 0. The molecule has 3 heteroatoms. The van der Waals surface area contributed by atoms with Gasteiger partial charge in [-0.1, -0.05) is 19.8 Å². The van der Waals surface area contributed by atoms with Gasteiger partial charge in [0.15, 0.2) is 0 Å². The van der Waals surface area contributed by atoms with Crippen molar-refractivity contribution >= 4 is 0 Å². The van der Waals surface area contributed by atoms with E-state index in [2.05, 4.69) is 6.92 Å². The minimum atomic E-state index is -2.63. The van der Waals surface area contributed by atoms with Crippen LogP contribution in [0, 0.1) is 11.8 Å². The van der Waals surface area contributed by atoms with Gasteiger partial charge in [-0.05, 0) is 24.7 Å². The van der Waals surface area contributed by atoms with Crippen molar-refractivity contribution in [3.8, 4) is 0 Å². The van der Waals surface area contributed by atoms with Crippen molar-refractivity contribution in [1.29, 1.82) is 0 Å². The molecule has 0 aromatic carbocycles. The number of rotatable bonds is 3. The number of hydrogen-bond donors (Lipinski definition) is 1. The van der Waals surface area contributed by atoms with Gasteiger partial charge in [0, 0.05) is 6.42 Å². The first-order valence-corrected chi connectivity index (χ1v) is 5.11. The van der Waals surface area contributed by atoms with Gasteiger partial charge in [-0.3, -0.25) is 0 Å². The smallest absolute Gasteiger partial charge is 0.260 e. The summed E-state index contributed by atoms with van der Waals surface area (Å²) in [5.41, 5.74) is 5.00. The fraction of sp³-hybridized carbons (Fsp3) is 1.00. The quantitative estimate of drug-likeness (QED) is 0.729. The lowest BCUT2D eigenvalue weighted by molar-refractivity contribution is -0.0200. The molecule has 0 aromatic heterocycles. The van der Waals surface area contributed by atoms with E-state index in [0.29, 0.717) is 0 Å². The summed E-state index contributed by atoms with van der Waals surface area (Å²) in [6.45, 7) is 1.69. The Balaban J connectivity index is 2.30. The summed E-state index contributed by atoms with van der Waals surface area (Å²) in [7, 11) is 0. The summed E-state index contributed by atoms with van der Waals surface area (Å²) in [6.07, 6.45) is 4.11. The summed E-state index contributed by atoms with van der Waals surface area (Å²) < 4.78 is 25.8. The third-order valence-corrected chi connectivity index (χ3v) is 3.02. The van der Waals surface area contributed by atoms with Crippen LogP contribution in [0.15, 0.2) is 0 Å². The van der Waals surface area contributed by atoms with Crippen LogP contribution in [0.3, 0.4) is 0 Å². The molecule has 0 saturated heterocycles. The molecule has 13 heavy (non-hydrogen) atoms. The standard InChI is InChI=1S/C10H19F2N/c1-8-2-4-9(5-3-8)6-10(11,12)7-13/h8-9H,2-7,13H2,1H3. The van der Waals surface area contributed by atoms with Crippen LogP contribution in [0.25, 0.3) is 0 Å². The van der Waals surface area contributed by atoms with Crippen LogP contribution >= 0.6 is 0 Å². The van der Waals surface area contributed by atoms with E-state index in [1.807, 2.05) is 0 Å². The zero-order valence-electron chi connectivity index (χ0n) is 8.23. The normalized spacial score (nSPS) is 30.5. The molecule has 78 valence electrons. The number of halogens is 2. The number of hydrogen-bond acceptors (Lipinski definition) is 1. The van der Waals surface area contributed by atoms with Crippen LogP contribution in [0.4, 0.5) is 8.78 Å². The largest absolute Gasteiger partial charge is 0.325 e. The van der Waals surface area contributed by atoms with Crippen LogP contribution in [-0.2, 0) is 0 Å². The fourth-order valence-electron chi connectivity index (χ4n) is 2.04. The summed E-state index contributed by atoms with van der Waals surface area (Å²) in [5.74, 6) is -1.71. The molecule has 0 aliphatic heterocycles. The molecule has 1 aliphatic carbocycles. The number of alkyl halides is 2. The number of nitrogens with two attached hydrogens (primary N) is 1. The zero-order chi connectivity index (χ0) is 9.90. The van der Waals surface area contributed by atoms with Gasteiger partial charge in [-0.15, -0.1) is 0 Å². The second-order valence-electron chi connectivity index (χ2n) is 4.39. The molecule has 0 bridgehead atoms. The Labute approximate surface area is 78.7 Å². The van der Waals surface area contributed by atoms with Crippen LogP contribution < -0.4 is 5.73 Å². The van der Waals surface area contributed by atoms with Gasteiger partial charge in [0.2, 0.25) is 0 Å². The van der Waals surface area contributed by atoms with Gasteiger partial charge in [0.25, 0.3) is 5.92 Å². The molecule has 1 aliphatic rings. The van der Waals surface area contributed by atoms with Gasteiger partial charge in [-0.25, -0.2) is 8.78 Å². The molecule has 1 nitrogen and oxygen atoms in total. The average Bonchev–Trinajstić information content (AvgIpc) is 2.09. The molecule has 0 atom stereocenters. The van der Waals surface area contributed by atoms with Gasteiger partial charge in [0.05, 0.1) is 6.54 Å². The predicted octanol–water partition coefficient (Wildman–Crippen LogP) is 2.80. The maximum atomic E-state index is 12.9. The van der Waals surface area contributed by atoms with Crippen molar-refractivity contribution in [3.05, 3.63) is 0 Å². The van der Waals surface area contributed by atoms with Crippen molar-refractivity contribution in [3.63, 3.8) is 0 Å². The molecule has 1 rings (SSSR count). The molecule has 0 radical (unpaired) electrons. The highest BCUT2D eigenvalue weighted by Gasteiger charge is 2.32. The van der Waals surface area contributed by atoms with Crippen molar-refractivity contribution in [2.24, 2.45) is 17.6 Å². The first-order valence-electron chi connectivity index (χ1n) is 5.11. The van der Waals surface area contributed by atoms with Gasteiger partial charge < -0.3 is 5.73 Å². The molecule has 1 saturated carbocycles. The zero-order valence-corrected chi connectivity index (χ0v) is 8.23. The van der Waals surface area contributed by atoms with E-state index >= 15 is 0 Å². The van der Waals surface area contributed by atoms with Gasteiger partial charge in [-0.2, -0.15) is 0 Å². The second kappa shape index (κ2) is 4.36. The van der Waals surface area contributed by atoms with E-state index in [0.717, 1.165) is 31.6 Å². The van der Waals surface area contributed by atoms with Crippen molar-refractivity contribution in [2.75, 3.05) is 6.54 Å². The Kier molecular flexibility index (Phi) is 3.65. The molecule has 0 unspecified atom stereocenters. The van der Waals surface area contributed by atoms with Crippen molar-refractivity contribution < 1.29 is 8.78 Å². The summed E-state index contributed by atoms with van der Waals surface area (Å²) in [6, 6.07) is 0. The van der Waals surface area contributed by atoms with Gasteiger partial charge in [0.1, 0.15) is 0 Å². The van der Waals surface area contributed by atoms with E-state index in [1.165, 1.54) is 0 Å². The molecule has 0 aromatic rings. The Morgan fingerprint density at radius 1 is 1.23 bits per heavy atom. The molecule has 2 N–H and O–H groups in total. The highest BCUT2D eigenvalue weighted by atomic mass is 19.3. The maximum Gasteiger partial charge on any atom is 0.260 e. The van der Waals surface area contributed by atoms with Crippen LogP contribution in [0.1, 0.15) is 39.0 Å². The topological polar surface area (TPSA) is 26.0 Å². The molecule has 0 heterocycles. The SMILES string of the molecule is CC1CCC(CC(F)(F)CN)CC1. The van der Waals surface area contributed by atoms with E-state index in [4.69, 9.17) is 5.73 Å². The first kappa shape index (κ1) is 10.9. The Morgan fingerprint density at radius 3 is 2.23 bits per heavy atom. The van der Waals surface area contributed by atoms with E-state index in [-0.39, 0.29) is 12.3 Å². The lowest BCUT2D eigenvalue weighted by Gasteiger charge is -2.28. The lowest BCUT2D eigenvalue weighted by atomic mass is 9.80. The first-order chi connectivity index (χ1) is 6.03. The minimum Gasteiger partial charge on any atom is -0.325 e. The third kappa shape index (κ3) is 3.59. The maximum absolute atomic E-state index is 12.9. The highest BCUT2D eigenvalue weighted by Crippen LogP contribution is 2.34. The average molecular weight is 191 g/mol. The lowest BCUT2D eigenvalue weighted by Crippen LogP contribution is -2.31. The van der Waals surface area contributed by atoms with Crippen molar-refractivity contribution in [2.45, 2.75) is 45.0 Å². The molecule has 0 amide bonds. The second-order valence-corrected chi connectivity index (χ2v) is 4.39. The Morgan fingerprint density at radius 2 is 1.77 bits per heavy atom. The highest BCUT2D eigenvalue weighted by molar-refractivity contribution is 4.77. The van der Waals surface area contributed by atoms with Crippen LogP contribution in [-0.4, -0.2) is 12.5 Å². The van der Waals surface area contributed by atoms with E-state index < -0.39 is 12.5 Å². The Hall–Kier alpha value is -0.180. The molecular formula is C10H19F2N. The van der Waals surface area contributed by atoms with Crippen LogP contribution in [0.5, 0.6) is 0 Å². The van der Waals surface area contributed by atoms with Gasteiger partial charge >= 0.3 is 0 Å².